The second kappa shape index (κ2) is 7.15. The molecule has 0 radical (unpaired) electrons. The number of halogens is 2. The van der Waals surface area contributed by atoms with Crippen LogP contribution in [0.1, 0.15) is 12.8 Å². The van der Waals surface area contributed by atoms with Crippen LogP contribution in [0.5, 0.6) is 0 Å². The Morgan fingerprint density at radius 1 is 1.33 bits per heavy atom. The van der Waals surface area contributed by atoms with Gasteiger partial charge in [-0.25, -0.2) is 9.97 Å². The van der Waals surface area contributed by atoms with Crippen LogP contribution in [-0.4, -0.2) is 25.7 Å². The third-order valence-corrected chi connectivity index (χ3v) is 3.96. The molecule has 0 atom stereocenters. The van der Waals surface area contributed by atoms with E-state index in [4.69, 9.17) is 23.2 Å². The lowest BCUT2D eigenvalue weighted by molar-refractivity contribution is -0.117. The van der Waals surface area contributed by atoms with E-state index in [1.54, 1.807) is 29.2 Å². The van der Waals surface area contributed by atoms with E-state index in [0.717, 1.165) is 18.2 Å². The summed E-state index contributed by atoms with van der Waals surface area (Å²) in [6, 6.07) is 5.33. The Kier molecular flexibility index (Phi) is 4.97. The minimum Gasteiger partial charge on any atom is -0.310 e. The van der Waals surface area contributed by atoms with Crippen molar-refractivity contribution in [3.8, 4) is 0 Å². The Balaban J connectivity index is 0.000000238. The van der Waals surface area contributed by atoms with Crippen molar-refractivity contribution in [1.29, 1.82) is 0 Å². The smallest absolute Gasteiger partial charge is 0.228 e. The second-order valence-electron chi connectivity index (χ2n) is 5.47. The zero-order chi connectivity index (χ0) is 17.1. The van der Waals surface area contributed by atoms with Gasteiger partial charge in [0.15, 0.2) is 0 Å². The highest BCUT2D eigenvalue weighted by Crippen LogP contribution is 2.31. The molecule has 4 rings (SSSR count). The average molecular weight is 364 g/mol. The molecule has 1 aliphatic rings. The van der Waals surface area contributed by atoms with Crippen LogP contribution < -0.4 is 5.32 Å². The Hall–Kier alpha value is -2.18. The molecular formula is C16H15Cl2N5O. The summed E-state index contributed by atoms with van der Waals surface area (Å²) in [7, 11) is 1.89. The van der Waals surface area contributed by atoms with Crippen molar-refractivity contribution in [2.75, 3.05) is 5.32 Å². The van der Waals surface area contributed by atoms with Gasteiger partial charge in [-0.2, -0.15) is 5.10 Å². The van der Waals surface area contributed by atoms with Crippen molar-refractivity contribution in [2.45, 2.75) is 12.8 Å². The SMILES string of the molecule is Cn1cccn1.O=C(Nc1cc2cc(Cl)nc(Cl)c2cn1)C1CC1. The molecule has 3 aromatic rings. The number of fused-ring (bicyclic) bond motifs is 1. The van der Waals surface area contributed by atoms with E-state index in [2.05, 4.69) is 20.4 Å². The van der Waals surface area contributed by atoms with Crippen molar-refractivity contribution in [2.24, 2.45) is 13.0 Å². The summed E-state index contributed by atoms with van der Waals surface area (Å²) in [6.45, 7) is 0. The van der Waals surface area contributed by atoms with E-state index in [-0.39, 0.29) is 11.8 Å². The summed E-state index contributed by atoms with van der Waals surface area (Å²) < 4.78 is 1.75. The van der Waals surface area contributed by atoms with Gasteiger partial charge >= 0.3 is 0 Å². The summed E-state index contributed by atoms with van der Waals surface area (Å²) in [5, 5.41) is 8.76. The molecule has 124 valence electrons. The van der Waals surface area contributed by atoms with Gasteiger partial charge in [-0.05, 0) is 36.4 Å². The number of carbonyl (C=O) groups excluding carboxylic acids is 1. The van der Waals surface area contributed by atoms with E-state index in [1.165, 1.54) is 0 Å². The summed E-state index contributed by atoms with van der Waals surface area (Å²) in [5.41, 5.74) is 0. The second-order valence-corrected chi connectivity index (χ2v) is 6.21. The Morgan fingerprint density at radius 3 is 2.71 bits per heavy atom. The van der Waals surface area contributed by atoms with Crippen molar-refractivity contribution < 1.29 is 4.79 Å². The maximum Gasteiger partial charge on any atom is 0.228 e. The third-order valence-electron chi connectivity index (χ3n) is 3.47. The highest BCUT2D eigenvalue weighted by atomic mass is 35.5. The molecule has 1 aliphatic carbocycles. The zero-order valence-electron chi connectivity index (χ0n) is 12.9. The summed E-state index contributed by atoms with van der Waals surface area (Å²) in [6.07, 6.45) is 7.14. The lowest BCUT2D eigenvalue weighted by Gasteiger charge is -2.05. The summed E-state index contributed by atoms with van der Waals surface area (Å²) >= 11 is 11.8. The standard InChI is InChI=1S/C12H9Cl2N3O.C4H6N2/c13-9-3-7-4-10(17-12(18)6-1-2-6)15-5-8(7)11(14)16-9;1-6-4-2-3-5-6/h3-6H,1-2H2,(H,15,17,18);2-4H,1H3. The average Bonchev–Trinajstić information content (AvgIpc) is 3.28. The highest BCUT2D eigenvalue weighted by Gasteiger charge is 2.29. The molecule has 0 spiro atoms. The van der Waals surface area contributed by atoms with Crippen LogP contribution in [0.4, 0.5) is 5.82 Å². The van der Waals surface area contributed by atoms with Crippen LogP contribution >= 0.6 is 23.2 Å². The Labute approximate surface area is 148 Å². The maximum atomic E-state index is 11.6. The van der Waals surface area contributed by atoms with Gasteiger partial charge in [0.25, 0.3) is 0 Å². The molecule has 8 heteroatoms. The molecule has 3 heterocycles. The van der Waals surface area contributed by atoms with Crippen LogP contribution in [0, 0.1) is 5.92 Å². The molecule has 1 amide bonds. The quantitative estimate of drug-likeness (QED) is 0.704. The number of hydrogen-bond acceptors (Lipinski definition) is 4. The number of pyridine rings is 2. The van der Waals surface area contributed by atoms with Gasteiger partial charge in [-0.1, -0.05) is 23.2 Å². The van der Waals surface area contributed by atoms with Gasteiger partial charge in [0.2, 0.25) is 5.91 Å². The first-order chi connectivity index (χ1) is 11.5. The number of rotatable bonds is 2. The van der Waals surface area contributed by atoms with Crippen LogP contribution in [-0.2, 0) is 11.8 Å². The first kappa shape index (κ1) is 16.7. The van der Waals surface area contributed by atoms with Crippen LogP contribution in [0.25, 0.3) is 10.8 Å². The Morgan fingerprint density at radius 2 is 2.12 bits per heavy atom. The monoisotopic (exact) mass is 363 g/mol. The molecule has 1 fully saturated rings. The number of aryl methyl sites for hydroxylation is 1. The molecule has 3 aromatic heterocycles. The minimum atomic E-state index is 0.0214. The summed E-state index contributed by atoms with van der Waals surface area (Å²) in [4.78, 5) is 19.7. The Bertz CT molecular complexity index is 862. The van der Waals surface area contributed by atoms with Crippen molar-refractivity contribution in [3.63, 3.8) is 0 Å². The van der Waals surface area contributed by atoms with Crippen LogP contribution in [0.2, 0.25) is 10.3 Å². The molecule has 6 nitrogen and oxygen atoms in total. The number of hydrogen-bond donors (Lipinski definition) is 1. The number of amides is 1. The molecule has 24 heavy (non-hydrogen) atoms. The fourth-order valence-electron chi connectivity index (χ4n) is 2.06. The molecule has 1 saturated carbocycles. The normalized spacial score (nSPS) is 13.3. The van der Waals surface area contributed by atoms with E-state index >= 15 is 0 Å². The van der Waals surface area contributed by atoms with E-state index in [0.29, 0.717) is 21.5 Å². The molecule has 1 N–H and O–H groups in total. The van der Waals surface area contributed by atoms with Crippen molar-refractivity contribution in [1.82, 2.24) is 19.7 Å². The molecule has 0 bridgehead atoms. The summed E-state index contributed by atoms with van der Waals surface area (Å²) in [5.74, 6) is 0.679. The number of aromatic nitrogens is 4. The van der Waals surface area contributed by atoms with Crippen molar-refractivity contribution in [3.05, 3.63) is 47.1 Å². The molecule has 0 saturated heterocycles. The van der Waals surface area contributed by atoms with Gasteiger partial charge in [0.1, 0.15) is 16.1 Å². The van der Waals surface area contributed by atoms with Gasteiger partial charge in [-0.15, -0.1) is 0 Å². The third kappa shape index (κ3) is 4.21. The van der Waals surface area contributed by atoms with E-state index < -0.39 is 0 Å². The zero-order valence-corrected chi connectivity index (χ0v) is 14.4. The van der Waals surface area contributed by atoms with Gasteiger partial charge in [-0.3, -0.25) is 9.48 Å². The van der Waals surface area contributed by atoms with Gasteiger partial charge in [0.05, 0.1) is 0 Å². The number of carbonyl (C=O) groups is 1. The number of nitrogens with zero attached hydrogens (tertiary/aromatic N) is 4. The number of nitrogens with one attached hydrogen (secondary N) is 1. The molecule has 0 aromatic carbocycles. The van der Waals surface area contributed by atoms with Crippen LogP contribution in [0.15, 0.2) is 36.8 Å². The first-order valence-corrected chi connectivity index (χ1v) is 8.15. The maximum absolute atomic E-state index is 11.6. The fourth-order valence-corrected chi connectivity index (χ4v) is 2.56. The largest absolute Gasteiger partial charge is 0.310 e. The predicted octanol–water partition coefficient (Wildman–Crippen LogP) is 3.71. The topological polar surface area (TPSA) is 72.7 Å². The van der Waals surface area contributed by atoms with Gasteiger partial charge in [0, 0.05) is 36.9 Å². The predicted molar refractivity (Wildman–Crippen MR) is 94.1 cm³/mol. The molecule has 0 unspecified atom stereocenters. The first-order valence-electron chi connectivity index (χ1n) is 7.39. The van der Waals surface area contributed by atoms with Crippen molar-refractivity contribution >= 4 is 45.7 Å². The highest BCUT2D eigenvalue weighted by molar-refractivity contribution is 6.36. The molecular weight excluding hydrogens is 349 g/mol. The number of anilines is 1. The lowest BCUT2D eigenvalue weighted by atomic mass is 10.2. The minimum absolute atomic E-state index is 0.0214. The van der Waals surface area contributed by atoms with Gasteiger partial charge < -0.3 is 5.32 Å². The van der Waals surface area contributed by atoms with E-state index in [1.807, 2.05) is 19.3 Å². The fraction of sp³-hybridized carbons (Fsp3) is 0.250. The van der Waals surface area contributed by atoms with Crippen LogP contribution in [0.3, 0.4) is 0 Å². The molecule has 0 aliphatic heterocycles. The lowest BCUT2D eigenvalue weighted by Crippen LogP contribution is -2.14. The van der Waals surface area contributed by atoms with E-state index in [9.17, 15) is 4.79 Å².